The first-order chi connectivity index (χ1) is 7.35. The summed E-state index contributed by atoms with van der Waals surface area (Å²) in [5.41, 5.74) is 5.42. The maximum absolute atomic E-state index is 5.59. The third kappa shape index (κ3) is 2.18. The lowest BCUT2D eigenvalue weighted by Gasteiger charge is -2.11. The van der Waals surface area contributed by atoms with Crippen LogP contribution in [0.3, 0.4) is 0 Å². The van der Waals surface area contributed by atoms with Crippen LogP contribution in [0.5, 0.6) is 0 Å². The van der Waals surface area contributed by atoms with E-state index in [4.69, 9.17) is 14.9 Å². The van der Waals surface area contributed by atoms with E-state index in [1.54, 1.807) is 0 Å². The smallest absolute Gasteiger partial charge is 0.222 e. The molecule has 1 aromatic rings. The summed E-state index contributed by atoms with van der Waals surface area (Å²) in [5, 5.41) is 8.03. The zero-order valence-electron chi connectivity index (χ0n) is 8.98. The second-order valence-corrected chi connectivity index (χ2v) is 3.79. The molecule has 2 atom stereocenters. The van der Waals surface area contributed by atoms with Crippen molar-refractivity contribution < 1.29 is 9.15 Å². The van der Waals surface area contributed by atoms with Gasteiger partial charge in [0.25, 0.3) is 0 Å². The fraction of sp³-hybridized carbons (Fsp3) is 0.800. The van der Waals surface area contributed by atoms with Crippen LogP contribution in [0.15, 0.2) is 4.42 Å². The van der Waals surface area contributed by atoms with Gasteiger partial charge in [0.1, 0.15) is 0 Å². The quantitative estimate of drug-likeness (QED) is 0.799. The molecule has 1 aromatic heterocycles. The number of ether oxygens (including phenoxy) is 1. The van der Waals surface area contributed by atoms with Gasteiger partial charge in [0, 0.05) is 19.6 Å². The Morgan fingerprint density at radius 3 is 3.07 bits per heavy atom. The van der Waals surface area contributed by atoms with Gasteiger partial charge in [-0.15, -0.1) is 10.2 Å². The van der Waals surface area contributed by atoms with Crippen molar-refractivity contribution in [1.82, 2.24) is 10.2 Å². The molecule has 1 aliphatic heterocycles. The first-order valence-corrected chi connectivity index (χ1v) is 5.49. The van der Waals surface area contributed by atoms with E-state index in [0.717, 1.165) is 19.4 Å². The molecule has 0 amide bonds. The molecule has 0 saturated carbocycles. The molecule has 1 fully saturated rings. The first-order valence-electron chi connectivity index (χ1n) is 5.49. The summed E-state index contributed by atoms with van der Waals surface area (Å²) in [6, 6.07) is 0. The SMILES string of the molecule is CCC1OCCC1c1nnc(CCN)o1. The Labute approximate surface area is 89.0 Å². The molecule has 1 saturated heterocycles. The second kappa shape index (κ2) is 4.72. The summed E-state index contributed by atoms with van der Waals surface area (Å²) in [6.45, 7) is 3.44. The normalized spacial score (nSPS) is 26.0. The van der Waals surface area contributed by atoms with Crippen LogP contribution < -0.4 is 5.73 Å². The Kier molecular flexibility index (Phi) is 3.33. The van der Waals surface area contributed by atoms with Crippen molar-refractivity contribution in [2.75, 3.05) is 13.2 Å². The molecule has 5 heteroatoms. The molecule has 0 spiro atoms. The molecule has 2 unspecified atom stereocenters. The van der Waals surface area contributed by atoms with Gasteiger partial charge in [-0.25, -0.2) is 0 Å². The third-order valence-corrected chi connectivity index (χ3v) is 2.77. The number of hydrogen-bond donors (Lipinski definition) is 1. The van der Waals surface area contributed by atoms with E-state index in [9.17, 15) is 0 Å². The molecule has 0 radical (unpaired) electrons. The molecule has 2 N–H and O–H groups in total. The molecule has 1 aliphatic rings. The molecular formula is C10H17N3O2. The van der Waals surface area contributed by atoms with Crippen LogP contribution in [-0.2, 0) is 11.2 Å². The molecule has 84 valence electrons. The number of nitrogens with two attached hydrogens (primary N) is 1. The number of rotatable bonds is 4. The minimum atomic E-state index is 0.233. The predicted octanol–water partition coefficient (Wildman–Crippen LogP) is 0.853. The van der Waals surface area contributed by atoms with Crippen molar-refractivity contribution in [3.8, 4) is 0 Å². The molecule has 15 heavy (non-hydrogen) atoms. The largest absolute Gasteiger partial charge is 0.425 e. The predicted molar refractivity (Wildman–Crippen MR) is 54.4 cm³/mol. The minimum absolute atomic E-state index is 0.233. The van der Waals surface area contributed by atoms with Gasteiger partial charge in [0.15, 0.2) is 0 Å². The summed E-state index contributed by atoms with van der Waals surface area (Å²) in [5.74, 6) is 1.62. The summed E-state index contributed by atoms with van der Waals surface area (Å²) < 4.78 is 11.1. The molecule has 0 aliphatic carbocycles. The van der Waals surface area contributed by atoms with Crippen molar-refractivity contribution in [1.29, 1.82) is 0 Å². The van der Waals surface area contributed by atoms with Crippen LogP contribution in [0.1, 0.15) is 37.5 Å². The monoisotopic (exact) mass is 211 g/mol. The Hall–Kier alpha value is -0.940. The van der Waals surface area contributed by atoms with Gasteiger partial charge < -0.3 is 14.9 Å². The minimum Gasteiger partial charge on any atom is -0.425 e. The maximum Gasteiger partial charge on any atom is 0.222 e. The van der Waals surface area contributed by atoms with E-state index >= 15 is 0 Å². The lowest BCUT2D eigenvalue weighted by Crippen LogP contribution is -2.13. The van der Waals surface area contributed by atoms with Gasteiger partial charge in [-0.3, -0.25) is 0 Å². The van der Waals surface area contributed by atoms with E-state index < -0.39 is 0 Å². The van der Waals surface area contributed by atoms with Crippen LogP contribution in [0, 0.1) is 0 Å². The fourth-order valence-electron chi connectivity index (χ4n) is 1.97. The third-order valence-electron chi connectivity index (χ3n) is 2.77. The summed E-state index contributed by atoms with van der Waals surface area (Å²) >= 11 is 0. The molecule has 2 rings (SSSR count). The highest BCUT2D eigenvalue weighted by molar-refractivity contribution is 4.98. The molecule has 0 bridgehead atoms. The molecule has 0 aromatic carbocycles. The number of hydrogen-bond acceptors (Lipinski definition) is 5. The second-order valence-electron chi connectivity index (χ2n) is 3.79. The van der Waals surface area contributed by atoms with Gasteiger partial charge in [0.2, 0.25) is 11.8 Å². The maximum atomic E-state index is 5.59. The van der Waals surface area contributed by atoms with Gasteiger partial charge in [-0.2, -0.15) is 0 Å². The topological polar surface area (TPSA) is 74.2 Å². The van der Waals surface area contributed by atoms with Crippen LogP contribution in [0.25, 0.3) is 0 Å². The average Bonchev–Trinajstić information content (AvgIpc) is 2.84. The van der Waals surface area contributed by atoms with Crippen molar-refractivity contribution in [2.45, 2.75) is 38.2 Å². The number of nitrogens with zero attached hydrogens (tertiary/aromatic N) is 2. The average molecular weight is 211 g/mol. The lowest BCUT2D eigenvalue weighted by atomic mass is 10.00. The van der Waals surface area contributed by atoms with E-state index in [2.05, 4.69) is 17.1 Å². The van der Waals surface area contributed by atoms with Crippen LogP contribution in [0.4, 0.5) is 0 Å². The summed E-state index contributed by atoms with van der Waals surface area (Å²) in [7, 11) is 0. The first kappa shape index (κ1) is 10.6. The van der Waals surface area contributed by atoms with Crippen LogP contribution in [-0.4, -0.2) is 29.5 Å². The Bertz CT molecular complexity index is 313. The van der Waals surface area contributed by atoms with Crippen molar-refractivity contribution in [2.24, 2.45) is 5.73 Å². The zero-order chi connectivity index (χ0) is 10.7. The van der Waals surface area contributed by atoms with E-state index in [1.807, 2.05) is 0 Å². The lowest BCUT2D eigenvalue weighted by molar-refractivity contribution is 0.0963. The van der Waals surface area contributed by atoms with E-state index in [1.165, 1.54) is 0 Å². The van der Waals surface area contributed by atoms with E-state index in [0.29, 0.717) is 24.7 Å². The highest BCUT2D eigenvalue weighted by atomic mass is 16.5. The highest BCUT2D eigenvalue weighted by Crippen LogP contribution is 2.31. The standard InChI is InChI=1S/C10H17N3O2/c1-2-8-7(4-6-14-8)10-13-12-9(15-10)3-5-11/h7-8H,2-6,11H2,1H3. The van der Waals surface area contributed by atoms with Crippen molar-refractivity contribution in [3.05, 3.63) is 11.8 Å². The Balaban J connectivity index is 2.07. The van der Waals surface area contributed by atoms with Gasteiger partial charge >= 0.3 is 0 Å². The molecule has 5 nitrogen and oxygen atoms in total. The molecule has 2 heterocycles. The molecular weight excluding hydrogens is 194 g/mol. The Morgan fingerprint density at radius 2 is 2.33 bits per heavy atom. The van der Waals surface area contributed by atoms with Gasteiger partial charge in [0.05, 0.1) is 12.0 Å². The van der Waals surface area contributed by atoms with Crippen LogP contribution in [0.2, 0.25) is 0 Å². The Morgan fingerprint density at radius 1 is 1.47 bits per heavy atom. The van der Waals surface area contributed by atoms with Crippen molar-refractivity contribution in [3.63, 3.8) is 0 Å². The van der Waals surface area contributed by atoms with Gasteiger partial charge in [-0.1, -0.05) is 6.92 Å². The zero-order valence-corrected chi connectivity index (χ0v) is 8.98. The van der Waals surface area contributed by atoms with Gasteiger partial charge in [-0.05, 0) is 12.8 Å². The van der Waals surface area contributed by atoms with E-state index in [-0.39, 0.29) is 12.0 Å². The summed E-state index contributed by atoms with van der Waals surface area (Å²) in [4.78, 5) is 0. The van der Waals surface area contributed by atoms with Crippen LogP contribution >= 0.6 is 0 Å². The van der Waals surface area contributed by atoms with Crippen molar-refractivity contribution >= 4 is 0 Å². The number of aromatic nitrogens is 2. The summed E-state index contributed by atoms with van der Waals surface area (Å²) in [6.07, 6.45) is 2.84. The fourth-order valence-corrected chi connectivity index (χ4v) is 1.97. The highest BCUT2D eigenvalue weighted by Gasteiger charge is 2.32.